The lowest BCUT2D eigenvalue weighted by molar-refractivity contribution is -0.358. The van der Waals surface area contributed by atoms with Crippen molar-refractivity contribution < 1.29 is 159 Å². The smallest absolute Gasteiger partial charge is 0.396 e. The van der Waals surface area contributed by atoms with E-state index in [1.807, 2.05) is 6.92 Å². The monoisotopic (exact) mass is 974 g/mol. The first-order chi connectivity index (χ1) is 24.4. The molecule has 0 saturated heterocycles. The molecule has 39 heteroatoms. The fourth-order valence-electron chi connectivity index (χ4n) is 1.82. The molecule has 0 aromatic rings. The molecular formula is C18H23F21O15S3. The lowest BCUT2D eigenvalue weighted by atomic mass is 9.88. The van der Waals surface area contributed by atoms with Crippen LogP contribution in [0.4, 0.5) is 92.2 Å². The van der Waals surface area contributed by atoms with Crippen molar-refractivity contribution in [2.75, 3.05) is 39.6 Å². The fourth-order valence-corrected chi connectivity index (χ4v) is 2.72. The summed E-state index contributed by atoms with van der Waals surface area (Å²) in [6.45, 7) is -7.15. The Hall–Kier alpha value is -1.98. The zero-order chi connectivity index (χ0) is 47.6. The maximum absolute atomic E-state index is 12.3. The van der Waals surface area contributed by atoms with E-state index in [0.717, 1.165) is 0 Å². The summed E-state index contributed by atoms with van der Waals surface area (Å²) < 4.78 is 339. The normalized spacial score (nSPS) is 14.7. The topological polar surface area (TPSA) is 251 Å². The summed E-state index contributed by atoms with van der Waals surface area (Å²) in [5, 5.41) is 26.0. The molecule has 0 amide bonds. The highest BCUT2D eigenvalue weighted by atomic mass is 32.3. The molecule has 0 unspecified atom stereocenters. The van der Waals surface area contributed by atoms with Crippen LogP contribution in [0, 0.1) is 5.41 Å². The number of aliphatic hydroxyl groups is 3. The van der Waals surface area contributed by atoms with E-state index >= 15 is 0 Å². The molecule has 0 atom stereocenters. The predicted molar refractivity (Wildman–Crippen MR) is 134 cm³/mol. The third-order valence-corrected chi connectivity index (χ3v) is 6.62. The van der Waals surface area contributed by atoms with Crippen molar-refractivity contribution >= 4 is 31.2 Å². The van der Waals surface area contributed by atoms with Gasteiger partial charge in [0.25, 0.3) is 0 Å². The van der Waals surface area contributed by atoms with Crippen LogP contribution in [0.2, 0.25) is 0 Å². The van der Waals surface area contributed by atoms with Gasteiger partial charge in [-0.05, 0) is 6.42 Å². The molecule has 0 aromatic heterocycles. The quantitative estimate of drug-likeness (QED) is 0.0934. The van der Waals surface area contributed by atoms with E-state index in [9.17, 15) is 117 Å². The standard InChI is InChI=1S/C6H14O3.3C4H3F7O4S/c1-2-6(3-7,4-8)5-9;3*5-2(6,1-15-16(12,13)14)3(7,8)4(9,10)11/h7-9H,2-5H2,1H3;3*1H2,(H,12,13,14). The molecule has 0 heterocycles. The molecule has 6 N–H and O–H groups in total. The summed E-state index contributed by atoms with van der Waals surface area (Å²) in [6, 6.07) is 0. The molecule has 15 nitrogen and oxygen atoms in total. The van der Waals surface area contributed by atoms with E-state index in [4.69, 9.17) is 29.0 Å². The molecule has 0 rings (SSSR count). The first kappa shape index (κ1) is 61.7. The van der Waals surface area contributed by atoms with E-state index in [1.165, 1.54) is 0 Å². The summed E-state index contributed by atoms with van der Waals surface area (Å²) in [5.74, 6) is -36.9. The largest absolute Gasteiger partial charge is 0.459 e. The number of hydrogen-bond donors (Lipinski definition) is 6. The third-order valence-electron chi connectivity index (χ3n) is 5.37. The minimum Gasteiger partial charge on any atom is -0.396 e. The van der Waals surface area contributed by atoms with Crippen LogP contribution in [0.3, 0.4) is 0 Å². The molecule has 0 saturated carbocycles. The second kappa shape index (κ2) is 20.5. The van der Waals surface area contributed by atoms with E-state index in [2.05, 4.69) is 12.5 Å². The van der Waals surface area contributed by atoms with E-state index in [-0.39, 0.29) is 19.8 Å². The highest BCUT2D eigenvalue weighted by Gasteiger charge is 2.75. The maximum Gasteiger partial charge on any atom is 0.459 e. The highest BCUT2D eigenvalue weighted by Crippen LogP contribution is 2.48. The second-order valence-corrected chi connectivity index (χ2v) is 13.0. The highest BCUT2D eigenvalue weighted by molar-refractivity contribution is 7.81. The average molecular weight is 975 g/mol. The van der Waals surface area contributed by atoms with Crippen molar-refractivity contribution in [1.29, 1.82) is 0 Å². The molecule has 0 aliphatic carbocycles. The summed E-state index contributed by atoms with van der Waals surface area (Å²) in [4.78, 5) is 0. The first-order valence-electron chi connectivity index (χ1n) is 12.5. The van der Waals surface area contributed by atoms with Crippen LogP contribution in [-0.2, 0) is 43.7 Å². The maximum atomic E-state index is 12.3. The van der Waals surface area contributed by atoms with Gasteiger partial charge in [0, 0.05) is 5.41 Å². The van der Waals surface area contributed by atoms with E-state index < -0.39 is 110 Å². The summed E-state index contributed by atoms with van der Waals surface area (Å²) in [5.41, 5.74) is -0.667. The number of rotatable bonds is 16. The Balaban J connectivity index is -0.000000335. The SMILES string of the molecule is CCC(CO)(CO)CO.O=S(=O)(O)OCC(F)(F)C(F)(F)C(F)(F)F.O=S(=O)(O)OCC(F)(F)C(F)(F)C(F)(F)F.O=S(=O)(O)OCC(F)(F)C(F)(F)C(F)(F)F. The van der Waals surface area contributed by atoms with Crippen molar-refractivity contribution in [3.05, 3.63) is 0 Å². The van der Waals surface area contributed by atoms with Crippen LogP contribution in [0.15, 0.2) is 0 Å². The molecule has 0 aliphatic heterocycles. The number of aliphatic hydroxyl groups excluding tert-OH is 3. The van der Waals surface area contributed by atoms with Gasteiger partial charge in [-0.1, -0.05) is 6.92 Å². The Kier molecular flexibility index (Phi) is 22.2. The van der Waals surface area contributed by atoms with Crippen LogP contribution in [-0.4, -0.2) is 148 Å². The van der Waals surface area contributed by atoms with Gasteiger partial charge in [-0.25, -0.2) is 12.5 Å². The Bertz CT molecular complexity index is 1360. The average Bonchev–Trinajstić information content (AvgIpc) is 2.98. The van der Waals surface area contributed by atoms with Gasteiger partial charge in [-0.3, -0.25) is 13.7 Å². The molecule has 0 radical (unpaired) electrons. The van der Waals surface area contributed by atoms with Crippen LogP contribution < -0.4 is 0 Å². The van der Waals surface area contributed by atoms with Crippen LogP contribution in [0.25, 0.3) is 0 Å². The fraction of sp³-hybridized carbons (Fsp3) is 1.00. The lowest BCUT2D eigenvalue weighted by Gasteiger charge is -2.27. The molecule has 0 bridgehead atoms. The van der Waals surface area contributed by atoms with Crippen molar-refractivity contribution in [1.82, 2.24) is 0 Å². The molecule has 0 aliphatic rings. The van der Waals surface area contributed by atoms with Gasteiger partial charge in [0.2, 0.25) is 0 Å². The number of halogens is 21. The third kappa shape index (κ3) is 20.2. The van der Waals surface area contributed by atoms with Gasteiger partial charge in [0.15, 0.2) is 0 Å². The number of alkyl halides is 21. The molecule has 0 spiro atoms. The zero-order valence-electron chi connectivity index (χ0n) is 26.5. The molecular weight excluding hydrogens is 951 g/mol. The minimum absolute atomic E-state index is 0.156. The van der Waals surface area contributed by atoms with Gasteiger partial charge in [-0.15, -0.1) is 0 Å². The Morgan fingerprint density at radius 1 is 0.386 bits per heavy atom. The summed E-state index contributed by atoms with van der Waals surface area (Å²) in [6.07, 6.45) is -19.2. The van der Waals surface area contributed by atoms with E-state index in [1.54, 1.807) is 0 Å². The van der Waals surface area contributed by atoms with E-state index in [0.29, 0.717) is 6.42 Å². The minimum atomic E-state index is -6.58. The Labute approximate surface area is 303 Å². The predicted octanol–water partition coefficient (Wildman–Crippen LogP) is 4.28. The van der Waals surface area contributed by atoms with Crippen molar-refractivity contribution in [3.63, 3.8) is 0 Å². The summed E-state index contributed by atoms with van der Waals surface area (Å²) in [7, 11) is -16.6. The van der Waals surface area contributed by atoms with Gasteiger partial charge in [0.1, 0.15) is 19.8 Å². The van der Waals surface area contributed by atoms with Crippen molar-refractivity contribution in [2.45, 2.75) is 67.4 Å². The van der Waals surface area contributed by atoms with Crippen molar-refractivity contribution in [2.24, 2.45) is 5.41 Å². The molecule has 0 aromatic carbocycles. The zero-order valence-corrected chi connectivity index (χ0v) is 28.9. The van der Waals surface area contributed by atoms with Gasteiger partial charge in [-0.2, -0.15) is 117 Å². The Morgan fingerprint density at radius 2 is 0.544 bits per heavy atom. The van der Waals surface area contributed by atoms with Gasteiger partial charge in [0.05, 0.1) is 19.8 Å². The molecule has 57 heavy (non-hydrogen) atoms. The van der Waals surface area contributed by atoms with Crippen LogP contribution in [0.5, 0.6) is 0 Å². The van der Waals surface area contributed by atoms with Crippen LogP contribution >= 0.6 is 0 Å². The first-order valence-corrected chi connectivity index (χ1v) is 16.6. The van der Waals surface area contributed by atoms with Gasteiger partial charge >= 0.3 is 85.3 Å². The summed E-state index contributed by atoms with van der Waals surface area (Å²) >= 11 is 0. The van der Waals surface area contributed by atoms with Crippen molar-refractivity contribution in [3.8, 4) is 0 Å². The van der Waals surface area contributed by atoms with Gasteiger partial charge < -0.3 is 15.3 Å². The van der Waals surface area contributed by atoms with Crippen LogP contribution in [0.1, 0.15) is 13.3 Å². The molecule has 350 valence electrons. The lowest BCUT2D eigenvalue weighted by Crippen LogP contribution is -2.54. The number of hydrogen-bond acceptors (Lipinski definition) is 12. The Morgan fingerprint density at radius 3 is 0.614 bits per heavy atom. The second-order valence-electron chi connectivity index (χ2n) is 9.73. The molecule has 0 fully saturated rings.